The summed E-state index contributed by atoms with van der Waals surface area (Å²) in [6.07, 6.45) is 2.50. The van der Waals surface area contributed by atoms with Crippen LogP contribution >= 0.6 is 0 Å². The van der Waals surface area contributed by atoms with Crippen LogP contribution in [0.4, 0.5) is 4.79 Å². The lowest BCUT2D eigenvalue weighted by Crippen LogP contribution is -2.50. The zero-order valence-corrected chi connectivity index (χ0v) is 19.0. The van der Waals surface area contributed by atoms with Crippen LogP contribution in [-0.2, 0) is 27.5 Å². The number of rotatable bonds is 15. The van der Waals surface area contributed by atoms with E-state index in [1.165, 1.54) is 0 Å². The number of pyridine rings is 2. The topological polar surface area (TPSA) is 182 Å². The Morgan fingerprint density at radius 1 is 0.829 bits per heavy atom. The normalized spacial score (nSPS) is 12.5. The number of nitrogens with zero attached hydrogens (tertiary/aromatic N) is 3. The van der Waals surface area contributed by atoms with Crippen LogP contribution in [0.2, 0.25) is 0 Å². The zero-order valence-electron chi connectivity index (χ0n) is 19.0. The molecule has 0 fully saturated rings. The molecule has 5 N–H and O–H groups in total. The molecule has 0 saturated carbocycles. The van der Waals surface area contributed by atoms with Crippen molar-refractivity contribution in [2.45, 2.75) is 50.9 Å². The van der Waals surface area contributed by atoms with E-state index in [9.17, 15) is 29.4 Å². The Morgan fingerprint density at radius 2 is 1.43 bits per heavy atom. The van der Waals surface area contributed by atoms with Gasteiger partial charge in [-0.25, -0.2) is 9.59 Å². The van der Waals surface area contributed by atoms with Gasteiger partial charge in [0.15, 0.2) is 0 Å². The number of amides is 2. The number of carbonyl (C=O) groups is 4. The minimum Gasteiger partial charge on any atom is -0.481 e. The highest BCUT2D eigenvalue weighted by Crippen LogP contribution is 2.10. The molecule has 12 heteroatoms. The molecule has 0 aliphatic carbocycles. The number of hydrogen-bond donors (Lipinski definition) is 5. The first-order valence-electron chi connectivity index (χ1n) is 11.0. The summed E-state index contributed by atoms with van der Waals surface area (Å²) in [6.45, 7) is 1.34. The van der Waals surface area contributed by atoms with E-state index in [4.69, 9.17) is 5.11 Å². The fourth-order valence-corrected chi connectivity index (χ4v) is 3.34. The van der Waals surface area contributed by atoms with Gasteiger partial charge in [-0.1, -0.05) is 12.1 Å². The first kappa shape index (κ1) is 27.2. The van der Waals surface area contributed by atoms with E-state index in [-0.39, 0.29) is 19.3 Å². The summed E-state index contributed by atoms with van der Waals surface area (Å²) in [5.74, 6) is -3.70. The predicted octanol–water partition coefficient (Wildman–Crippen LogP) is 1.33. The SMILES string of the molecule is O=C(O)CC[C@H](NC(=O)N[C@@H](CCN(Cc1ccccn1)Cc1ccccn1)CC(=O)O)C(=O)O. The third kappa shape index (κ3) is 11.1. The minimum absolute atomic E-state index is 0.256. The van der Waals surface area contributed by atoms with Gasteiger partial charge in [-0.15, -0.1) is 0 Å². The molecule has 2 amide bonds. The van der Waals surface area contributed by atoms with Gasteiger partial charge in [-0.3, -0.25) is 24.5 Å². The van der Waals surface area contributed by atoms with Gasteiger partial charge in [-0.05, 0) is 37.1 Å². The van der Waals surface area contributed by atoms with E-state index in [1.54, 1.807) is 24.5 Å². The standard InChI is InChI=1S/C23H29N5O7/c29-20(30)8-7-19(22(33)34)27-23(35)26-16(13-21(31)32)9-12-28(14-17-5-1-3-10-24-17)15-18-6-2-4-11-25-18/h1-6,10-11,16,19H,7-9,12-15H2,(H,29,30)(H,31,32)(H,33,34)(H2,26,27,35)/t16-,19-/m0/s1. The molecule has 2 rings (SSSR count). The number of hydrogen-bond acceptors (Lipinski definition) is 7. The lowest BCUT2D eigenvalue weighted by atomic mass is 10.1. The number of nitrogens with one attached hydrogen (secondary N) is 2. The molecule has 2 aromatic heterocycles. The molecule has 188 valence electrons. The largest absolute Gasteiger partial charge is 0.481 e. The fourth-order valence-electron chi connectivity index (χ4n) is 3.34. The molecular weight excluding hydrogens is 458 g/mol. The van der Waals surface area contributed by atoms with Crippen molar-refractivity contribution in [2.75, 3.05) is 6.54 Å². The number of carboxylic acids is 3. The van der Waals surface area contributed by atoms with Gasteiger partial charge < -0.3 is 26.0 Å². The van der Waals surface area contributed by atoms with Crippen LogP contribution in [0.1, 0.15) is 37.1 Å². The van der Waals surface area contributed by atoms with E-state index in [0.717, 1.165) is 11.4 Å². The third-order valence-electron chi connectivity index (χ3n) is 5.02. The van der Waals surface area contributed by atoms with E-state index in [0.29, 0.717) is 19.6 Å². The van der Waals surface area contributed by atoms with E-state index < -0.39 is 42.4 Å². The van der Waals surface area contributed by atoms with E-state index in [1.807, 2.05) is 29.2 Å². The smallest absolute Gasteiger partial charge is 0.326 e. The number of aliphatic carboxylic acids is 3. The minimum atomic E-state index is -1.42. The molecule has 2 aromatic rings. The molecule has 0 unspecified atom stereocenters. The maximum absolute atomic E-state index is 12.4. The summed E-state index contributed by atoms with van der Waals surface area (Å²) >= 11 is 0. The van der Waals surface area contributed by atoms with Crippen LogP contribution in [0.3, 0.4) is 0 Å². The summed E-state index contributed by atoms with van der Waals surface area (Å²) < 4.78 is 0. The highest BCUT2D eigenvalue weighted by molar-refractivity contribution is 5.83. The highest BCUT2D eigenvalue weighted by Gasteiger charge is 2.24. The summed E-state index contributed by atoms with van der Waals surface area (Å²) in [7, 11) is 0. The summed E-state index contributed by atoms with van der Waals surface area (Å²) in [4.78, 5) is 56.4. The number of carboxylic acid groups (broad SMARTS) is 3. The molecule has 0 radical (unpaired) electrons. The average Bonchev–Trinajstić information content (AvgIpc) is 2.80. The Balaban J connectivity index is 2.04. The fraction of sp³-hybridized carbons (Fsp3) is 0.391. The van der Waals surface area contributed by atoms with Crippen molar-refractivity contribution in [2.24, 2.45) is 0 Å². The van der Waals surface area contributed by atoms with Gasteiger partial charge in [-0.2, -0.15) is 0 Å². The molecule has 0 aliphatic rings. The predicted molar refractivity (Wildman–Crippen MR) is 123 cm³/mol. The Labute approximate surface area is 202 Å². The van der Waals surface area contributed by atoms with Gasteiger partial charge in [0.05, 0.1) is 17.8 Å². The van der Waals surface area contributed by atoms with Crippen LogP contribution in [0.15, 0.2) is 48.8 Å². The maximum Gasteiger partial charge on any atom is 0.326 e. The second-order valence-electron chi connectivity index (χ2n) is 7.88. The number of urea groups is 1. The van der Waals surface area contributed by atoms with Gasteiger partial charge in [0.1, 0.15) is 6.04 Å². The van der Waals surface area contributed by atoms with Crippen LogP contribution in [0.25, 0.3) is 0 Å². The lowest BCUT2D eigenvalue weighted by Gasteiger charge is -2.25. The van der Waals surface area contributed by atoms with Gasteiger partial charge in [0.25, 0.3) is 0 Å². The van der Waals surface area contributed by atoms with E-state index >= 15 is 0 Å². The summed E-state index contributed by atoms with van der Waals surface area (Å²) in [6, 6.07) is 7.99. The highest BCUT2D eigenvalue weighted by atomic mass is 16.4. The molecule has 12 nitrogen and oxygen atoms in total. The quantitative estimate of drug-likeness (QED) is 0.246. The Kier molecular flexibility index (Phi) is 11.1. The maximum atomic E-state index is 12.4. The first-order valence-corrected chi connectivity index (χ1v) is 11.0. The van der Waals surface area contributed by atoms with Gasteiger partial charge in [0, 0.05) is 44.5 Å². The Bertz CT molecular complexity index is 933. The van der Waals surface area contributed by atoms with Crippen molar-refractivity contribution in [1.82, 2.24) is 25.5 Å². The summed E-state index contributed by atoms with van der Waals surface area (Å²) in [5.41, 5.74) is 1.62. The molecule has 35 heavy (non-hydrogen) atoms. The second-order valence-corrected chi connectivity index (χ2v) is 7.88. The van der Waals surface area contributed by atoms with Crippen molar-refractivity contribution in [3.63, 3.8) is 0 Å². The monoisotopic (exact) mass is 487 g/mol. The van der Waals surface area contributed by atoms with Crippen molar-refractivity contribution >= 4 is 23.9 Å². The van der Waals surface area contributed by atoms with E-state index in [2.05, 4.69) is 20.6 Å². The Morgan fingerprint density at radius 3 is 1.89 bits per heavy atom. The molecule has 2 atom stereocenters. The number of aromatic nitrogens is 2. The van der Waals surface area contributed by atoms with Crippen LogP contribution in [-0.4, -0.2) is 72.8 Å². The van der Waals surface area contributed by atoms with Crippen molar-refractivity contribution in [1.29, 1.82) is 0 Å². The van der Waals surface area contributed by atoms with Crippen LogP contribution in [0, 0.1) is 0 Å². The van der Waals surface area contributed by atoms with Crippen LogP contribution < -0.4 is 10.6 Å². The molecule has 0 bridgehead atoms. The van der Waals surface area contributed by atoms with Crippen molar-refractivity contribution in [3.8, 4) is 0 Å². The molecule has 0 aromatic carbocycles. The molecule has 0 spiro atoms. The molecule has 0 saturated heterocycles. The molecule has 2 heterocycles. The van der Waals surface area contributed by atoms with Crippen molar-refractivity contribution in [3.05, 3.63) is 60.2 Å². The third-order valence-corrected chi connectivity index (χ3v) is 5.02. The van der Waals surface area contributed by atoms with Crippen LogP contribution in [0.5, 0.6) is 0 Å². The lowest BCUT2D eigenvalue weighted by molar-refractivity contribution is -0.141. The first-order chi connectivity index (χ1) is 16.7. The van der Waals surface area contributed by atoms with Gasteiger partial charge in [0.2, 0.25) is 0 Å². The van der Waals surface area contributed by atoms with Gasteiger partial charge >= 0.3 is 23.9 Å². The Hall–Kier alpha value is -4.06. The molecular formula is C23H29N5O7. The number of carbonyl (C=O) groups excluding carboxylic acids is 1. The zero-order chi connectivity index (χ0) is 25.6. The second kappa shape index (κ2) is 14.3. The molecule has 0 aliphatic heterocycles. The summed E-state index contributed by atoms with van der Waals surface area (Å²) in [5, 5.41) is 32.0. The average molecular weight is 488 g/mol. The van der Waals surface area contributed by atoms with Crippen molar-refractivity contribution < 1.29 is 34.5 Å².